The van der Waals surface area contributed by atoms with Crippen LogP contribution >= 0.6 is 0 Å². The number of likely N-dealkylation sites (tertiary alicyclic amines) is 1. The molecule has 2 aliphatic heterocycles. The Bertz CT molecular complexity index is 974. The SMILES string of the molecule is C[C@@H](Oc1ccc2c(c1)[C@H](c1ccccc1)N(C(=O)C(C)(C)C)CC2)C(=O)N1CCCC1. The second-order valence-corrected chi connectivity index (χ2v) is 9.96. The minimum Gasteiger partial charge on any atom is -0.481 e. The van der Waals surface area contributed by atoms with Crippen molar-refractivity contribution in [1.29, 1.82) is 0 Å². The molecule has 1 saturated heterocycles. The second kappa shape index (κ2) is 8.97. The maximum absolute atomic E-state index is 13.4. The van der Waals surface area contributed by atoms with Crippen molar-refractivity contribution in [3.63, 3.8) is 0 Å². The van der Waals surface area contributed by atoms with Gasteiger partial charge in [0.15, 0.2) is 6.10 Å². The number of carbonyl (C=O) groups excluding carboxylic acids is 2. The van der Waals surface area contributed by atoms with E-state index in [1.165, 1.54) is 5.56 Å². The topological polar surface area (TPSA) is 49.9 Å². The van der Waals surface area contributed by atoms with Gasteiger partial charge in [-0.15, -0.1) is 0 Å². The molecule has 32 heavy (non-hydrogen) atoms. The summed E-state index contributed by atoms with van der Waals surface area (Å²) in [5.74, 6) is 0.861. The van der Waals surface area contributed by atoms with E-state index in [9.17, 15) is 9.59 Å². The molecule has 0 saturated carbocycles. The first-order valence-electron chi connectivity index (χ1n) is 11.7. The zero-order chi connectivity index (χ0) is 22.9. The summed E-state index contributed by atoms with van der Waals surface area (Å²) < 4.78 is 6.11. The number of amides is 2. The number of rotatable bonds is 4. The van der Waals surface area contributed by atoms with E-state index in [1.54, 1.807) is 0 Å². The molecule has 4 rings (SSSR count). The maximum atomic E-state index is 13.4. The number of benzene rings is 2. The highest BCUT2D eigenvalue weighted by atomic mass is 16.5. The van der Waals surface area contributed by atoms with Gasteiger partial charge in [0.25, 0.3) is 5.91 Å². The molecule has 0 aromatic heterocycles. The Morgan fingerprint density at radius 3 is 2.34 bits per heavy atom. The van der Waals surface area contributed by atoms with E-state index in [4.69, 9.17) is 4.74 Å². The van der Waals surface area contributed by atoms with Crippen molar-refractivity contribution in [1.82, 2.24) is 9.80 Å². The van der Waals surface area contributed by atoms with Crippen molar-refractivity contribution in [2.24, 2.45) is 5.41 Å². The average molecular weight is 435 g/mol. The summed E-state index contributed by atoms with van der Waals surface area (Å²) in [6.07, 6.45) is 2.40. The summed E-state index contributed by atoms with van der Waals surface area (Å²) in [5.41, 5.74) is 2.93. The molecule has 0 bridgehead atoms. The van der Waals surface area contributed by atoms with Crippen LogP contribution in [0.25, 0.3) is 0 Å². The summed E-state index contributed by atoms with van der Waals surface area (Å²) in [5, 5.41) is 0. The molecule has 1 fully saturated rings. The molecular formula is C27H34N2O3. The summed E-state index contributed by atoms with van der Waals surface area (Å²) in [6.45, 7) is 10.1. The number of nitrogens with zero attached hydrogens (tertiary/aromatic N) is 2. The molecule has 5 nitrogen and oxygen atoms in total. The molecule has 2 heterocycles. The monoisotopic (exact) mass is 434 g/mol. The van der Waals surface area contributed by atoms with Gasteiger partial charge >= 0.3 is 0 Å². The largest absolute Gasteiger partial charge is 0.481 e. The van der Waals surface area contributed by atoms with Crippen LogP contribution in [0, 0.1) is 5.41 Å². The lowest BCUT2D eigenvalue weighted by Gasteiger charge is -2.41. The van der Waals surface area contributed by atoms with E-state index in [0.29, 0.717) is 12.3 Å². The van der Waals surface area contributed by atoms with Crippen LogP contribution in [0.3, 0.4) is 0 Å². The van der Waals surface area contributed by atoms with Crippen LogP contribution in [0.1, 0.15) is 63.3 Å². The predicted molar refractivity (Wildman–Crippen MR) is 126 cm³/mol. The van der Waals surface area contributed by atoms with Gasteiger partial charge in [-0.1, -0.05) is 57.2 Å². The molecule has 0 spiro atoms. The number of hydrogen-bond acceptors (Lipinski definition) is 3. The normalized spacial score (nSPS) is 19.4. The van der Waals surface area contributed by atoms with Crippen molar-refractivity contribution >= 4 is 11.8 Å². The van der Waals surface area contributed by atoms with Crippen molar-refractivity contribution in [3.05, 3.63) is 65.2 Å². The molecule has 0 unspecified atom stereocenters. The maximum Gasteiger partial charge on any atom is 0.263 e. The van der Waals surface area contributed by atoms with Gasteiger partial charge in [0.05, 0.1) is 6.04 Å². The van der Waals surface area contributed by atoms with E-state index in [-0.39, 0.29) is 17.9 Å². The summed E-state index contributed by atoms with van der Waals surface area (Å²) in [7, 11) is 0. The van der Waals surface area contributed by atoms with Gasteiger partial charge in [-0.2, -0.15) is 0 Å². The number of ether oxygens (including phenoxy) is 1. The van der Waals surface area contributed by atoms with Gasteiger partial charge < -0.3 is 14.5 Å². The van der Waals surface area contributed by atoms with Crippen molar-refractivity contribution < 1.29 is 14.3 Å². The highest BCUT2D eigenvalue weighted by molar-refractivity contribution is 5.83. The molecule has 0 aliphatic carbocycles. The van der Waals surface area contributed by atoms with Gasteiger partial charge in [-0.3, -0.25) is 9.59 Å². The lowest BCUT2D eigenvalue weighted by atomic mass is 9.85. The molecular weight excluding hydrogens is 400 g/mol. The van der Waals surface area contributed by atoms with Crippen molar-refractivity contribution in [3.8, 4) is 5.75 Å². The van der Waals surface area contributed by atoms with Crippen LogP contribution in [-0.4, -0.2) is 47.4 Å². The smallest absolute Gasteiger partial charge is 0.263 e. The first-order valence-corrected chi connectivity index (χ1v) is 11.7. The van der Waals surface area contributed by atoms with Gasteiger partial charge in [-0.05, 0) is 55.0 Å². The Kier molecular flexibility index (Phi) is 6.27. The van der Waals surface area contributed by atoms with E-state index in [1.807, 2.05) is 67.8 Å². The zero-order valence-corrected chi connectivity index (χ0v) is 19.6. The molecule has 0 radical (unpaired) electrons. The van der Waals surface area contributed by atoms with E-state index in [0.717, 1.165) is 43.5 Å². The zero-order valence-electron chi connectivity index (χ0n) is 19.6. The quantitative estimate of drug-likeness (QED) is 0.707. The van der Waals surface area contributed by atoms with Crippen molar-refractivity contribution in [2.75, 3.05) is 19.6 Å². The minimum atomic E-state index is -0.530. The molecule has 2 amide bonds. The molecule has 5 heteroatoms. The van der Waals surface area contributed by atoms with E-state index < -0.39 is 11.5 Å². The Balaban J connectivity index is 1.66. The molecule has 2 aromatic rings. The highest BCUT2D eigenvalue weighted by Gasteiger charge is 2.37. The molecule has 0 N–H and O–H groups in total. The van der Waals surface area contributed by atoms with E-state index >= 15 is 0 Å². The fourth-order valence-corrected chi connectivity index (χ4v) is 4.76. The fourth-order valence-electron chi connectivity index (χ4n) is 4.76. The lowest BCUT2D eigenvalue weighted by Crippen LogP contribution is -2.45. The summed E-state index contributed by atoms with van der Waals surface area (Å²) >= 11 is 0. The first kappa shape index (κ1) is 22.4. The van der Waals surface area contributed by atoms with Crippen LogP contribution < -0.4 is 4.74 Å². The van der Waals surface area contributed by atoms with Gasteiger partial charge in [0.2, 0.25) is 5.91 Å². The average Bonchev–Trinajstić information content (AvgIpc) is 3.32. The van der Waals surface area contributed by atoms with Crippen LogP contribution in [0.2, 0.25) is 0 Å². The Hall–Kier alpha value is -2.82. The second-order valence-electron chi connectivity index (χ2n) is 9.96. The van der Waals surface area contributed by atoms with E-state index in [2.05, 4.69) is 18.2 Å². The van der Waals surface area contributed by atoms with Crippen LogP contribution in [0.4, 0.5) is 0 Å². The summed E-state index contributed by atoms with van der Waals surface area (Å²) in [6, 6.07) is 16.1. The number of fused-ring (bicyclic) bond motifs is 1. The van der Waals surface area contributed by atoms with Crippen molar-refractivity contribution in [2.45, 2.75) is 59.1 Å². The molecule has 2 aromatic carbocycles. The third-order valence-corrected chi connectivity index (χ3v) is 6.44. The van der Waals surface area contributed by atoms with Crippen LogP contribution in [0.15, 0.2) is 48.5 Å². The van der Waals surface area contributed by atoms with Gasteiger partial charge in [0, 0.05) is 25.0 Å². The van der Waals surface area contributed by atoms with Gasteiger partial charge in [0.1, 0.15) is 5.75 Å². The third-order valence-electron chi connectivity index (χ3n) is 6.44. The standard InChI is InChI=1S/C27H34N2O3/c1-19(25(30)28-15-8-9-16-28)32-22-13-12-20-14-17-29(26(31)27(2,3)4)24(23(20)18-22)21-10-6-5-7-11-21/h5-7,10-13,18-19,24H,8-9,14-17H2,1-4H3/t19-,24+/m1/s1. The summed E-state index contributed by atoms with van der Waals surface area (Å²) in [4.78, 5) is 30.0. The Morgan fingerprint density at radius 1 is 1.00 bits per heavy atom. The lowest BCUT2D eigenvalue weighted by molar-refractivity contribution is -0.141. The third kappa shape index (κ3) is 4.52. The molecule has 2 atom stereocenters. The molecule has 2 aliphatic rings. The highest BCUT2D eigenvalue weighted by Crippen LogP contribution is 2.39. The molecule has 170 valence electrons. The number of hydrogen-bond donors (Lipinski definition) is 0. The van der Waals surface area contributed by atoms with Crippen LogP contribution in [-0.2, 0) is 16.0 Å². The minimum absolute atomic E-state index is 0.0457. The first-order chi connectivity index (χ1) is 15.3. The Labute approximate surface area is 191 Å². The Morgan fingerprint density at radius 2 is 1.69 bits per heavy atom. The van der Waals surface area contributed by atoms with Crippen LogP contribution in [0.5, 0.6) is 5.75 Å². The van der Waals surface area contributed by atoms with Gasteiger partial charge in [-0.25, -0.2) is 0 Å². The number of carbonyl (C=O) groups is 2. The fraction of sp³-hybridized carbons (Fsp3) is 0.481. The predicted octanol–water partition coefficient (Wildman–Crippen LogP) is 4.60.